The highest BCUT2D eigenvalue weighted by Gasteiger charge is 2.26. The first-order valence-corrected chi connectivity index (χ1v) is 9.91. The molecule has 0 bridgehead atoms. The number of carbonyl (C=O) groups excluding carboxylic acids is 2. The van der Waals surface area contributed by atoms with Crippen LogP contribution in [-0.2, 0) is 16.0 Å². The van der Waals surface area contributed by atoms with Gasteiger partial charge >= 0.3 is 5.97 Å². The molecule has 2 amide bonds. The topological polar surface area (TPSA) is 77.9 Å². The van der Waals surface area contributed by atoms with Gasteiger partial charge in [0.2, 0.25) is 11.8 Å². The summed E-state index contributed by atoms with van der Waals surface area (Å²) in [6.07, 6.45) is 5.43. The molecule has 0 atom stereocenters. The molecule has 0 unspecified atom stereocenters. The monoisotopic (exact) mass is 372 g/mol. The number of aryl methyl sites for hydroxylation is 1. The number of carboxylic acid groups (broad SMARTS) is 1. The van der Waals surface area contributed by atoms with Crippen LogP contribution in [0.25, 0.3) is 0 Å². The maximum atomic E-state index is 12.5. The van der Waals surface area contributed by atoms with E-state index in [1.165, 1.54) is 0 Å². The summed E-state index contributed by atoms with van der Waals surface area (Å²) in [5.41, 5.74) is 0.979. The van der Waals surface area contributed by atoms with Gasteiger partial charge in [0.1, 0.15) is 0 Å². The van der Waals surface area contributed by atoms with E-state index in [0.29, 0.717) is 30.7 Å². The summed E-state index contributed by atoms with van der Waals surface area (Å²) in [5.74, 6) is -0.116. The van der Waals surface area contributed by atoms with Crippen molar-refractivity contribution in [3.8, 4) is 0 Å². The lowest BCUT2D eigenvalue weighted by Crippen LogP contribution is -2.44. The first-order chi connectivity index (χ1) is 13.0. The minimum atomic E-state index is -0.953. The van der Waals surface area contributed by atoms with Crippen LogP contribution in [0.4, 0.5) is 0 Å². The van der Waals surface area contributed by atoms with Gasteiger partial charge < -0.3 is 14.9 Å². The van der Waals surface area contributed by atoms with Crippen LogP contribution >= 0.6 is 0 Å². The second-order valence-corrected chi connectivity index (χ2v) is 7.58. The van der Waals surface area contributed by atoms with E-state index in [0.717, 1.165) is 51.9 Å². The van der Waals surface area contributed by atoms with E-state index in [1.807, 2.05) is 9.80 Å². The Kier molecular flexibility index (Phi) is 6.48. The molecule has 1 aromatic carbocycles. The van der Waals surface area contributed by atoms with Crippen LogP contribution in [0.15, 0.2) is 24.3 Å². The molecule has 3 rings (SSSR count). The van der Waals surface area contributed by atoms with Gasteiger partial charge in [0, 0.05) is 39.0 Å². The van der Waals surface area contributed by atoms with Gasteiger partial charge in [-0.1, -0.05) is 18.2 Å². The number of nitrogens with zero attached hydrogens (tertiary/aromatic N) is 2. The Labute approximate surface area is 160 Å². The third-order valence-corrected chi connectivity index (χ3v) is 5.72. The van der Waals surface area contributed by atoms with Crippen LogP contribution in [0, 0.1) is 5.92 Å². The van der Waals surface area contributed by atoms with Crippen molar-refractivity contribution in [2.75, 3.05) is 26.2 Å². The molecule has 0 aromatic heterocycles. The molecular formula is C21H28N2O4. The highest BCUT2D eigenvalue weighted by Crippen LogP contribution is 2.22. The van der Waals surface area contributed by atoms with E-state index < -0.39 is 5.97 Å². The summed E-state index contributed by atoms with van der Waals surface area (Å²) in [6, 6.07) is 6.86. The molecule has 0 spiro atoms. The Hall–Kier alpha value is -2.37. The maximum absolute atomic E-state index is 12.5. The van der Waals surface area contributed by atoms with Crippen molar-refractivity contribution in [1.82, 2.24) is 9.80 Å². The van der Waals surface area contributed by atoms with Gasteiger partial charge in [0.15, 0.2) is 0 Å². The smallest absolute Gasteiger partial charge is 0.335 e. The van der Waals surface area contributed by atoms with Crippen molar-refractivity contribution in [3.05, 3.63) is 35.4 Å². The molecule has 27 heavy (non-hydrogen) atoms. The van der Waals surface area contributed by atoms with Crippen LogP contribution in [-0.4, -0.2) is 58.9 Å². The second-order valence-electron chi connectivity index (χ2n) is 7.58. The summed E-state index contributed by atoms with van der Waals surface area (Å²) in [6.45, 7) is 3.16. The Morgan fingerprint density at radius 2 is 1.81 bits per heavy atom. The number of benzene rings is 1. The van der Waals surface area contributed by atoms with Gasteiger partial charge in [-0.2, -0.15) is 0 Å². The van der Waals surface area contributed by atoms with Crippen LogP contribution in [0.3, 0.4) is 0 Å². The van der Waals surface area contributed by atoms with E-state index in [2.05, 4.69) is 0 Å². The predicted molar refractivity (Wildman–Crippen MR) is 101 cm³/mol. The highest BCUT2D eigenvalue weighted by molar-refractivity contribution is 5.89. The van der Waals surface area contributed by atoms with Crippen molar-refractivity contribution in [2.24, 2.45) is 5.92 Å². The zero-order chi connectivity index (χ0) is 19.2. The summed E-state index contributed by atoms with van der Waals surface area (Å²) in [7, 11) is 0. The van der Waals surface area contributed by atoms with Crippen molar-refractivity contribution in [3.63, 3.8) is 0 Å². The molecule has 146 valence electrons. The fraction of sp³-hybridized carbons (Fsp3) is 0.571. The molecule has 0 aliphatic carbocycles. The molecule has 6 heteroatoms. The van der Waals surface area contributed by atoms with E-state index in [9.17, 15) is 19.5 Å². The summed E-state index contributed by atoms with van der Waals surface area (Å²) in [5, 5.41) is 9.24. The van der Waals surface area contributed by atoms with Crippen molar-refractivity contribution in [1.29, 1.82) is 0 Å². The molecule has 2 aliphatic rings. The number of carboxylic acids is 1. The Bertz CT molecular complexity index is 695. The van der Waals surface area contributed by atoms with Crippen LogP contribution in [0.1, 0.15) is 54.4 Å². The Morgan fingerprint density at radius 3 is 2.52 bits per heavy atom. The van der Waals surface area contributed by atoms with Crippen molar-refractivity contribution >= 4 is 17.8 Å². The number of hydrogen-bond acceptors (Lipinski definition) is 3. The fourth-order valence-electron chi connectivity index (χ4n) is 4.08. The number of carbonyl (C=O) groups is 3. The average molecular weight is 372 g/mol. The molecular weight excluding hydrogens is 344 g/mol. The van der Waals surface area contributed by atoms with Crippen molar-refractivity contribution < 1.29 is 19.5 Å². The van der Waals surface area contributed by atoms with E-state index in [4.69, 9.17) is 0 Å². The highest BCUT2D eigenvalue weighted by atomic mass is 16.4. The third kappa shape index (κ3) is 5.08. The van der Waals surface area contributed by atoms with E-state index >= 15 is 0 Å². The largest absolute Gasteiger partial charge is 0.478 e. The molecule has 0 radical (unpaired) electrons. The van der Waals surface area contributed by atoms with Gasteiger partial charge in [-0.25, -0.2) is 4.79 Å². The van der Waals surface area contributed by atoms with Gasteiger partial charge in [-0.15, -0.1) is 0 Å². The maximum Gasteiger partial charge on any atom is 0.335 e. The molecule has 2 aliphatic heterocycles. The predicted octanol–water partition coefficient (Wildman–Crippen LogP) is 2.57. The van der Waals surface area contributed by atoms with Crippen molar-refractivity contribution in [2.45, 2.75) is 44.9 Å². The summed E-state index contributed by atoms with van der Waals surface area (Å²) in [4.78, 5) is 39.6. The second kappa shape index (κ2) is 9.02. The quantitative estimate of drug-likeness (QED) is 0.832. The minimum absolute atomic E-state index is 0.0858. The lowest BCUT2D eigenvalue weighted by Gasteiger charge is -2.36. The molecule has 1 aromatic rings. The number of amides is 2. The lowest BCUT2D eigenvalue weighted by atomic mass is 9.94. The van der Waals surface area contributed by atoms with Gasteiger partial charge in [0.25, 0.3) is 0 Å². The molecule has 1 N–H and O–H groups in total. The SMILES string of the molecule is O=C(O)c1ccccc1CCC(=O)N1CCC(CN2CCCCC2=O)CC1. The van der Waals surface area contributed by atoms with Gasteiger partial charge in [-0.3, -0.25) is 9.59 Å². The molecule has 2 fully saturated rings. The molecule has 6 nitrogen and oxygen atoms in total. The van der Waals surface area contributed by atoms with Crippen LogP contribution < -0.4 is 0 Å². The lowest BCUT2D eigenvalue weighted by molar-refractivity contribution is -0.136. The number of likely N-dealkylation sites (tertiary alicyclic amines) is 2. The molecule has 2 heterocycles. The Balaban J connectivity index is 1.45. The van der Waals surface area contributed by atoms with Gasteiger partial charge in [0.05, 0.1) is 5.56 Å². The normalized spacial score (nSPS) is 18.6. The Morgan fingerprint density at radius 1 is 1.07 bits per heavy atom. The minimum Gasteiger partial charge on any atom is -0.478 e. The van der Waals surface area contributed by atoms with Gasteiger partial charge in [-0.05, 0) is 49.7 Å². The number of rotatable bonds is 6. The number of piperidine rings is 2. The average Bonchev–Trinajstić information content (AvgIpc) is 2.68. The van der Waals surface area contributed by atoms with Crippen LogP contribution in [0.5, 0.6) is 0 Å². The van der Waals surface area contributed by atoms with E-state index in [-0.39, 0.29) is 17.4 Å². The first kappa shape index (κ1) is 19.4. The third-order valence-electron chi connectivity index (χ3n) is 5.72. The number of hydrogen-bond donors (Lipinski definition) is 1. The first-order valence-electron chi connectivity index (χ1n) is 9.91. The fourth-order valence-corrected chi connectivity index (χ4v) is 4.08. The standard InChI is InChI=1S/C21H28N2O4/c24-19-7-3-4-12-23(19)15-16-10-13-22(14-11-16)20(25)9-8-17-5-1-2-6-18(17)21(26)27/h1-2,5-6,16H,3-4,7-15H2,(H,26,27). The van der Waals surface area contributed by atoms with E-state index in [1.54, 1.807) is 24.3 Å². The molecule has 0 saturated carbocycles. The summed E-state index contributed by atoms with van der Waals surface area (Å²) >= 11 is 0. The summed E-state index contributed by atoms with van der Waals surface area (Å²) < 4.78 is 0. The zero-order valence-corrected chi connectivity index (χ0v) is 15.7. The zero-order valence-electron chi connectivity index (χ0n) is 15.7. The number of aromatic carboxylic acids is 1. The van der Waals surface area contributed by atoms with Crippen LogP contribution in [0.2, 0.25) is 0 Å². The molecule has 2 saturated heterocycles.